The van der Waals surface area contributed by atoms with Crippen molar-refractivity contribution < 1.29 is 24.6 Å². The monoisotopic (exact) mass is 910 g/mol. The molecule has 4 aromatic rings. The first-order valence-electron chi connectivity index (χ1n) is 23.9. The molecule has 6 heterocycles. The molecule has 16 heteroatoms. The van der Waals surface area contributed by atoms with E-state index in [0.29, 0.717) is 36.2 Å². The number of carbonyl (C=O) groups is 3. The number of aliphatic hydroxyl groups excluding tert-OH is 1. The maximum absolute atomic E-state index is 14.2. The van der Waals surface area contributed by atoms with Gasteiger partial charge in [-0.1, -0.05) is 51.0 Å². The van der Waals surface area contributed by atoms with Crippen LogP contribution in [0.3, 0.4) is 0 Å². The number of aromatic hydroxyl groups is 1. The van der Waals surface area contributed by atoms with E-state index >= 15 is 0 Å². The Morgan fingerprint density at radius 1 is 0.896 bits per heavy atom. The fourth-order valence-corrected chi connectivity index (χ4v) is 10.7. The molecule has 67 heavy (non-hydrogen) atoms. The highest BCUT2D eigenvalue weighted by atomic mass is 16.3. The van der Waals surface area contributed by atoms with Crippen LogP contribution in [0.2, 0.25) is 0 Å². The molecule has 1 aliphatic carbocycles. The zero-order chi connectivity index (χ0) is 46.8. The summed E-state index contributed by atoms with van der Waals surface area (Å²) < 4.78 is 0. The van der Waals surface area contributed by atoms with E-state index in [1.54, 1.807) is 24.3 Å². The number of terminal acetylenes is 1. The number of aromatic nitrogens is 4. The Kier molecular flexibility index (Phi) is 13.3. The third-order valence-corrected chi connectivity index (χ3v) is 14.6. The van der Waals surface area contributed by atoms with Crippen LogP contribution < -0.4 is 25.8 Å². The standard InChI is InChI=1S/C51H63N11O5/c1-5-32-10-12-33(13-11-32)26-53-48(66)43-24-39(63)31-62(43)49(67)45(51(2,3)4)56-47(65)35-16-14-34(15-17-35)36-27-54-50(55-28-36)59-20-18-37(19-21-59)60-22-23-61-38(30-60)29-52-46-42(61)25-41(57-58-46)40-8-6-7-9-44(40)64/h1,6-13,25,27-28,34-35,37-39,43,45,63-64H,14-24,26,29-31H2,2-4H3,(H,52,58)(H,53,66)(H,56,65)/t34-,35-,38-,39+,43-,45+/m0/s1. The van der Waals surface area contributed by atoms with E-state index in [9.17, 15) is 24.6 Å². The van der Waals surface area contributed by atoms with Gasteiger partial charge in [0.05, 0.1) is 23.5 Å². The smallest absolute Gasteiger partial charge is 0.246 e. The van der Waals surface area contributed by atoms with E-state index in [4.69, 9.17) is 16.4 Å². The van der Waals surface area contributed by atoms with Gasteiger partial charge in [0.15, 0.2) is 5.82 Å². The molecule has 5 aliphatic rings. The normalized spacial score (nSPS) is 23.9. The number of amides is 3. The lowest BCUT2D eigenvalue weighted by Crippen LogP contribution is -2.61. The van der Waals surface area contributed by atoms with Gasteiger partial charge < -0.3 is 40.9 Å². The molecule has 1 saturated carbocycles. The molecule has 5 N–H and O–H groups in total. The molecular formula is C51H63N11O5. The lowest BCUT2D eigenvalue weighted by atomic mass is 9.78. The van der Waals surface area contributed by atoms with Crippen LogP contribution >= 0.6 is 0 Å². The van der Waals surface area contributed by atoms with Gasteiger partial charge in [-0.05, 0) is 91.3 Å². The zero-order valence-electron chi connectivity index (χ0n) is 38.8. The van der Waals surface area contributed by atoms with Gasteiger partial charge in [0.25, 0.3) is 0 Å². The number of phenols is 1. The second-order valence-corrected chi connectivity index (χ2v) is 20.0. The molecule has 3 amide bonds. The first-order chi connectivity index (χ1) is 32.3. The maximum Gasteiger partial charge on any atom is 0.246 e. The fraction of sp³-hybridized carbons (Fsp3) is 0.510. The van der Waals surface area contributed by atoms with Crippen molar-refractivity contribution in [3.63, 3.8) is 0 Å². The molecule has 0 unspecified atom stereocenters. The molecule has 9 rings (SSSR count). The van der Waals surface area contributed by atoms with Crippen molar-refractivity contribution in [1.29, 1.82) is 0 Å². The van der Waals surface area contributed by atoms with Gasteiger partial charge in [-0.25, -0.2) is 9.97 Å². The third-order valence-electron chi connectivity index (χ3n) is 14.6. The number of nitrogens with zero attached hydrogens (tertiary/aromatic N) is 8. The van der Waals surface area contributed by atoms with Gasteiger partial charge in [0.1, 0.15) is 17.8 Å². The predicted octanol–water partition coefficient (Wildman–Crippen LogP) is 4.29. The number of carbonyl (C=O) groups excluding carboxylic acids is 3. The van der Waals surface area contributed by atoms with Crippen LogP contribution in [-0.2, 0) is 20.9 Å². The van der Waals surface area contributed by atoms with E-state index in [2.05, 4.69) is 46.8 Å². The average Bonchev–Trinajstić information content (AvgIpc) is 3.76. The molecule has 4 aliphatic heterocycles. The van der Waals surface area contributed by atoms with Gasteiger partial charge in [0, 0.05) is 94.3 Å². The number of fused-ring (bicyclic) bond motifs is 3. The number of para-hydroxylation sites is 1. The minimum atomic E-state index is -0.874. The summed E-state index contributed by atoms with van der Waals surface area (Å²) in [6, 6.07) is 15.7. The second-order valence-electron chi connectivity index (χ2n) is 20.0. The van der Waals surface area contributed by atoms with Crippen molar-refractivity contribution in [3.05, 3.63) is 83.7 Å². The maximum atomic E-state index is 14.2. The number of β-amino-alcohol motifs (C(OH)–C–C–N with tert-alkyl or cyclic N) is 1. The van der Waals surface area contributed by atoms with Gasteiger partial charge in [-0.2, -0.15) is 0 Å². The lowest BCUT2D eigenvalue weighted by Gasteiger charge is -2.49. The summed E-state index contributed by atoms with van der Waals surface area (Å²) >= 11 is 0. The highest BCUT2D eigenvalue weighted by Crippen LogP contribution is 2.38. The number of benzene rings is 2. The average molecular weight is 910 g/mol. The molecule has 0 spiro atoms. The number of aliphatic hydroxyl groups is 1. The molecule has 4 fully saturated rings. The van der Waals surface area contributed by atoms with E-state index in [1.165, 1.54) is 4.90 Å². The first-order valence-corrected chi connectivity index (χ1v) is 23.9. The van der Waals surface area contributed by atoms with Crippen molar-refractivity contribution in [1.82, 2.24) is 40.6 Å². The number of piperazine rings is 1. The summed E-state index contributed by atoms with van der Waals surface area (Å²) in [4.78, 5) is 59.9. The molecular weight excluding hydrogens is 847 g/mol. The van der Waals surface area contributed by atoms with Crippen LogP contribution in [-0.4, -0.2) is 134 Å². The molecule has 352 valence electrons. The van der Waals surface area contributed by atoms with Crippen molar-refractivity contribution in [2.45, 2.75) is 108 Å². The minimum absolute atomic E-state index is 0.0231. The van der Waals surface area contributed by atoms with Crippen LogP contribution in [0.15, 0.2) is 67.0 Å². The summed E-state index contributed by atoms with van der Waals surface area (Å²) in [6.07, 6.45) is 13.7. The molecule has 4 atom stereocenters. The predicted molar refractivity (Wildman–Crippen MR) is 256 cm³/mol. The lowest BCUT2D eigenvalue weighted by molar-refractivity contribution is -0.144. The summed E-state index contributed by atoms with van der Waals surface area (Å²) in [5.74, 6) is 3.45. The van der Waals surface area contributed by atoms with E-state index in [1.807, 2.05) is 63.5 Å². The Hall–Kier alpha value is -6.31. The van der Waals surface area contributed by atoms with Crippen LogP contribution in [0.25, 0.3) is 11.3 Å². The molecule has 2 aromatic carbocycles. The Morgan fingerprint density at radius 2 is 1.63 bits per heavy atom. The summed E-state index contributed by atoms with van der Waals surface area (Å²) in [6.45, 7) is 11.4. The Morgan fingerprint density at radius 3 is 2.33 bits per heavy atom. The highest BCUT2D eigenvalue weighted by molar-refractivity contribution is 5.93. The largest absolute Gasteiger partial charge is 0.507 e. The quantitative estimate of drug-likeness (QED) is 0.142. The molecule has 2 aromatic heterocycles. The molecule has 0 bridgehead atoms. The van der Waals surface area contributed by atoms with Gasteiger partial charge in [-0.15, -0.1) is 16.6 Å². The highest BCUT2D eigenvalue weighted by Gasteiger charge is 2.45. The fourth-order valence-electron chi connectivity index (χ4n) is 10.7. The Labute approximate surface area is 392 Å². The summed E-state index contributed by atoms with van der Waals surface area (Å²) in [7, 11) is 0. The number of rotatable bonds is 10. The molecule has 3 saturated heterocycles. The number of hydrogen-bond donors (Lipinski definition) is 5. The SMILES string of the molecule is C#Cc1ccc(CNC(=O)[C@@H]2C[C@@H](O)CN2C(=O)[C@@H](NC(=O)[C@H]2CC[C@H](c3cnc(N4CCC(N5CCN6c7cc(-c8ccccc8O)nnc7NC[C@H]6C5)CC4)nc3)CC2)C(C)(C)C)cc1. The number of likely N-dealkylation sites (tertiary alicyclic amines) is 1. The van der Waals surface area contributed by atoms with E-state index in [-0.39, 0.29) is 54.8 Å². The number of nitrogens with one attached hydrogen (secondary N) is 3. The zero-order valence-corrected chi connectivity index (χ0v) is 38.8. The first kappa shape index (κ1) is 45.8. The number of phenolic OH excluding ortho intramolecular Hbond substituents is 1. The third kappa shape index (κ3) is 10.0. The van der Waals surface area contributed by atoms with Crippen molar-refractivity contribution in [3.8, 4) is 29.4 Å². The van der Waals surface area contributed by atoms with Crippen LogP contribution in [0.1, 0.15) is 88.3 Å². The minimum Gasteiger partial charge on any atom is -0.507 e. The second kappa shape index (κ2) is 19.5. The van der Waals surface area contributed by atoms with Crippen LogP contribution in [0, 0.1) is 23.7 Å². The van der Waals surface area contributed by atoms with E-state index in [0.717, 1.165) is 99.1 Å². The van der Waals surface area contributed by atoms with E-state index < -0.39 is 23.6 Å². The van der Waals surface area contributed by atoms with Crippen molar-refractivity contribution >= 4 is 35.2 Å². The Bertz CT molecular complexity index is 2460. The van der Waals surface area contributed by atoms with Gasteiger partial charge in [0.2, 0.25) is 23.7 Å². The van der Waals surface area contributed by atoms with Crippen molar-refractivity contribution in [2.24, 2.45) is 11.3 Å². The number of piperidine rings is 1. The van der Waals surface area contributed by atoms with Crippen molar-refractivity contribution in [2.75, 3.05) is 60.9 Å². The summed E-state index contributed by atoms with van der Waals surface area (Å²) in [5, 5.41) is 39.4. The molecule has 16 nitrogen and oxygen atoms in total. The number of hydrogen-bond acceptors (Lipinski definition) is 13. The van der Waals surface area contributed by atoms with Crippen LogP contribution in [0.5, 0.6) is 5.75 Å². The summed E-state index contributed by atoms with van der Waals surface area (Å²) in [5.41, 5.74) is 4.44. The Balaban J connectivity index is 0.737. The van der Waals surface area contributed by atoms with Crippen LogP contribution in [0.4, 0.5) is 17.5 Å². The number of anilines is 3. The van der Waals surface area contributed by atoms with Gasteiger partial charge in [-0.3, -0.25) is 19.3 Å². The topological polar surface area (TPSA) is 192 Å². The van der Waals surface area contributed by atoms with Gasteiger partial charge >= 0.3 is 0 Å². The molecule has 0 radical (unpaired) electrons.